The maximum Gasteiger partial charge on any atom is 0.242 e. The van der Waals surface area contributed by atoms with Crippen molar-refractivity contribution < 1.29 is 22.7 Å². The molecular weight excluding hydrogens is 478 g/mol. The third-order valence-electron chi connectivity index (χ3n) is 5.88. The van der Waals surface area contributed by atoms with Crippen LogP contribution >= 0.6 is 0 Å². The van der Waals surface area contributed by atoms with Crippen molar-refractivity contribution in [2.24, 2.45) is 5.92 Å². The lowest BCUT2D eigenvalue weighted by molar-refractivity contribution is -0.140. The minimum atomic E-state index is -3.53. The predicted molar refractivity (Wildman–Crippen MR) is 143 cm³/mol. The van der Waals surface area contributed by atoms with Crippen molar-refractivity contribution in [3.8, 4) is 5.75 Å². The minimum absolute atomic E-state index is 0.101. The van der Waals surface area contributed by atoms with Gasteiger partial charge >= 0.3 is 0 Å². The van der Waals surface area contributed by atoms with Crippen molar-refractivity contribution in [1.82, 2.24) is 10.2 Å². The van der Waals surface area contributed by atoms with Crippen LogP contribution in [0.2, 0.25) is 0 Å². The molecule has 0 saturated heterocycles. The van der Waals surface area contributed by atoms with Crippen LogP contribution in [0.4, 0.5) is 5.69 Å². The number of nitrogens with zero attached hydrogens (tertiary/aromatic N) is 2. The number of benzene rings is 2. The Bertz CT molecular complexity index is 1130. The summed E-state index contributed by atoms with van der Waals surface area (Å²) in [6.07, 6.45) is 1.58. The Morgan fingerprint density at radius 2 is 1.75 bits per heavy atom. The van der Waals surface area contributed by atoms with Gasteiger partial charge in [-0.1, -0.05) is 44.2 Å². The van der Waals surface area contributed by atoms with Crippen LogP contribution in [0.15, 0.2) is 48.5 Å². The minimum Gasteiger partial charge on any atom is -0.497 e. The fourth-order valence-electron chi connectivity index (χ4n) is 3.83. The topological polar surface area (TPSA) is 96.0 Å². The molecule has 0 bridgehead atoms. The Balaban J connectivity index is 2.19. The summed E-state index contributed by atoms with van der Waals surface area (Å²) >= 11 is 0. The molecule has 2 rings (SSSR count). The van der Waals surface area contributed by atoms with Crippen LogP contribution in [-0.4, -0.2) is 57.6 Å². The quantitative estimate of drug-likeness (QED) is 0.437. The summed E-state index contributed by atoms with van der Waals surface area (Å²) in [5.74, 6) is 0.506. The van der Waals surface area contributed by atoms with E-state index in [1.54, 1.807) is 31.1 Å². The van der Waals surface area contributed by atoms with E-state index < -0.39 is 16.1 Å². The van der Waals surface area contributed by atoms with E-state index in [1.807, 2.05) is 57.2 Å². The molecule has 0 aliphatic heterocycles. The van der Waals surface area contributed by atoms with Gasteiger partial charge in [-0.05, 0) is 55.5 Å². The van der Waals surface area contributed by atoms with Gasteiger partial charge in [0.15, 0.2) is 0 Å². The second-order valence-corrected chi connectivity index (χ2v) is 11.3. The number of nitrogens with one attached hydrogen (secondary N) is 1. The molecule has 198 valence electrons. The molecule has 8 nitrogen and oxygen atoms in total. The molecule has 0 heterocycles. The summed E-state index contributed by atoms with van der Waals surface area (Å²) in [6.45, 7) is 8.49. The molecule has 1 atom stereocenters. The highest BCUT2D eigenvalue weighted by molar-refractivity contribution is 7.92. The third kappa shape index (κ3) is 8.55. The van der Waals surface area contributed by atoms with E-state index in [9.17, 15) is 18.0 Å². The molecule has 2 aromatic rings. The van der Waals surface area contributed by atoms with Gasteiger partial charge in [0, 0.05) is 26.1 Å². The molecule has 0 saturated carbocycles. The number of amides is 2. The molecule has 0 aromatic heterocycles. The van der Waals surface area contributed by atoms with E-state index in [4.69, 9.17) is 4.74 Å². The van der Waals surface area contributed by atoms with E-state index in [1.165, 1.54) is 4.31 Å². The van der Waals surface area contributed by atoms with Crippen LogP contribution in [0.1, 0.15) is 44.7 Å². The molecule has 9 heteroatoms. The number of methoxy groups -OCH3 is 1. The van der Waals surface area contributed by atoms with Crippen LogP contribution in [-0.2, 0) is 26.2 Å². The van der Waals surface area contributed by atoms with Crippen LogP contribution in [0, 0.1) is 12.8 Å². The zero-order chi connectivity index (χ0) is 26.9. The standard InChI is InChI=1S/C27H39N3O5S/c1-20(2)18-28-27(32)22(4)29(19-23-12-9-13-24(17-23)35-5)26(31)15-10-16-30(36(6,33)34)25-14-8-7-11-21(25)3/h7-9,11-14,17,20,22H,10,15-16,18-19H2,1-6H3,(H,28,32). The van der Waals surface area contributed by atoms with Gasteiger partial charge in [0.2, 0.25) is 21.8 Å². The number of para-hydroxylation sites is 1. The zero-order valence-electron chi connectivity index (χ0n) is 22.2. The molecule has 0 aliphatic rings. The van der Waals surface area contributed by atoms with E-state index in [0.717, 1.165) is 17.4 Å². The number of carbonyl (C=O) groups is 2. The lowest BCUT2D eigenvalue weighted by Crippen LogP contribution is -2.48. The molecule has 0 radical (unpaired) electrons. The fraction of sp³-hybridized carbons (Fsp3) is 0.481. The number of hydrogen-bond acceptors (Lipinski definition) is 5. The highest BCUT2D eigenvalue weighted by Gasteiger charge is 2.27. The van der Waals surface area contributed by atoms with E-state index in [2.05, 4.69) is 5.32 Å². The van der Waals surface area contributed by atoms with Crippen LogP contribution in [0.25, 0.3) is 0 Å². The number of anilines is 1. The summed E-state index contributed by atoms with van der Waals surface area (Å²) in [7, 11) is -1.95. The first-order valence-corrected chi connectivity index (χ1v) is 14.0. The Hall–Kier alpha value is -3.07. The Labute approximate surface area is 215 Å². The first kappa shape index (κ1) is 29.2. The van der Waals surface area contributed by atoms with Crippen molar-refractivity contribution in [3.63, 3.8) is 0 Å². The van der Waals surface area contributed by atoms with Gasteiger partial charge in [-0.2, -0.15) is 0 Å². The molecular formula is C27H39N3O5S. The highest BCUT2D eigenvalue weighted by Crippen LogP contribution is 2.23. The zero-order valence-corrected chi connectivity index (χ0v) is 23.0. The SMILES string of the molecule is COc1cccc(CN(C(=O)CCCN(c2ccccc2C)S(C)(=O)=O)C(C)C(=O)NCC(C)C)c1. The smallest absolute Gasteiger partial charge is 0.242 e. The molecule has 0 aliphatic carbocycles. The molecule has 2 aromatic carbocycles. The Kier molecular flexibility index (Phi) is 10.8. The van der Waals surface area contributed by atoms with Gasteiger partial charge in [-0.25, -0.2) is 8.42 Å². The summed E-state index contributed by atoms with van der Waals surface area (Å²) in [6, 6.07) is 13.9. The van der Waals surface area contributed by atoms with E-state index in [-0.39, 0.29) is 37.2 Å². The van der Waals surface area contributed by atoms with Crippen molar-refractivity contribution in [3.05, 3.63) is 59.7 Å². The molecule has 1 unspecified atom stereocenters. The molecule has 0 spiro atoms. The Morgan fingerprint density at radius 3 is 2.36 bits per heavy atom. The largest absolute Gasteiger partial charge is 0.497 e. The lowest BCUT2D eigenvalue weighted by Gasteiger charge is -2.30. The number of aryl methyl sites for hydroxylation is 1. The number of sulfonamides is 1. The number of hydrogen-bond donors (Lipinski definition) is 1. The van der Waals surface area contributed by atoms with Gasteiger partial charge in [0.05, 0.1) is 19.1 Å². The van der Waals surface area contributed by atoms with Crippen molar-refractivity contribution in [2.75, 3.05) is 30.8 Å². The van der Waals surface area contributed by atoms with Crippen LogP contribution in [0.5, 0.6) is 5.75 Å². The van der Waals surface area contributed by atoms with Gasteiger partial charge in [0.1, 0.15) is 11.8 Å². The first-order chi connectivity index (χ1) is 16.9. The third-order valence-corrected chi connectivity index (χ3v) is 7.06. The number of ether oxygens (including phenoxy) is 1. The Morgan fingerprint density at radius 1 is 1.06 bits per heavy atom. The summed E-state index contributed by atoms with van der Waals surface area (Å²) < 4.78 is 31.6. The van der Waals surface area contributed by atoms with E-state index >= 15 is 0 Å². The van der Waals surface area contributed by atoms with Gasteiger partial charge < -0.3 is 15.0 Å². The summed E-state index contributed by atoms with van der Waals surface area (Å²) in [5.41, 5.74) is 2.27. The number of carbonyl (C=O) groups excluding carboxylic acids is 2. The molecule has 1 N–H and O–H groups in total. The molecule has 36 heavy (non-hydrogen) atoms. The van der Waals surface area contributed by atoms with Gasteiger partial charge in [0.25, 0.3) is 0 Å². The van der Waals surface area contributed by atoms with Gasteiger partial charge in [-0.3, -0.25) is 13.9 Å². The monoisotopic (exact) mass is 517 g/mol. The second kappa shape index (κ2) is 13.3. The second-order valence-electron chi connectivity index (χ2n) is 9.41. The average Bonchev–Trinajstić information content (AvgIpc) is 2.83. The fourth-order valence-corrected chi connectivity index (χ4v) is 4.85. The lowest BCUT2D eigenvalue weighted by atomic mass is 10.1. The number of rotatable bonds is 13. The van der Waals surface area contributed by atoms with E-state index in [0.29, 0.717) is 24.4 Å². The van der Waals surface area contributed by atoms with Crippen molar-refractivity contribution >= 4 is 27.5 Å². The van der Waals surface area contributed by atoms with Gasteiger partial charge in [-0.15, -0.1) is 0 Å². The van der Waals surface area contributed by atoms with Crippen LogP contribution < -0.4 is 14.4 Å². The molecule has 0 fully saturated rings. The summed E-state index contributed by atoms with van der Waals surface area (Å²) in [4.78, 5) is 27.7. The first-order valence-electron chi connectivity index (χ1n) is 12.2. The normalized spacial score (nSPS) is 12.2. The highest BCUT2D eigenvalue weighted by atomic mass is 32.2. The molecule has 2 amide bonds. The summed E-state index contributed by atoms with van der Waals surface area (Å²) in [5, 5.41) is 2.90. The maximum absolute atomic E-state index is 13.4. The van der Waals surface area contributed by atoms with Crippen LogP contribution in [0.3, 0.4) is 0 Å². The van der Waals surface area contributed by atoms with Crippen molar-refractivity contribution in [2.45, 2.75) is 53.1 Å². The average molecular weight is 518 g/mol. The predicted octanol–water partition coefficient (Wildman–Crippen LogP) is 3.74. The maximum atomic E-state index is 13.4. The van der Waals surface area contributed by atoms with Crippen molar-refractivity contribution in [1.29, 1.82) is 0 Å².